The Labute approximate surface area is 100 Å². The third-order valence-corrected chi connectivity index (χ3v) is 3.62. The fourth-order valence-electron chi connectivity index (χ4n) is 2.24. The minimum absolute atomic E-state index is 0.00660. The number of nitrogens with zero attached hydrogens (tertiary/aromatic N) is 2. The topological polar surface area (TPSA) is 79.5 Å². The van der Waals surface area contributed by atoms with Crippen molar-refractivity contribution in [3.63, 3.8) is 0 Å². The number of hydrogen-bond acceptors (Lipinski definition) is 3. The van der Waals surface area contributed by atoms with Gasteiger partial charge in [0.1, 0.15) is 5.82 Å². The number of piperidine rings is 1. The molecule has 2 rings (SSSR count). The van der Waals surface area contributed by atoms with Crippen molar-refractivity contribution in [2.75, 3.05) is 18.8 Å². The second-order valence-electron chi connectivity index (χ2n) is 4.80. The molecule has 0 spiro atoms. The van der Waals surface area contributed by atoms with E-state index in [2.05, 4.69) is 11.9 Å². The Kier molecular flexibility index (Phi) is 2.92. The van der Waals surface area contributed by atoms with Crippen LogP contribution in [0.4, 0.5) is 10.6 Å². The van der Waals surface area contributed by atoms with E-state index in [0.29, 0.717) is 18.9 Å². The zero-order chi connectivity index (χ0) is 12.5. The van der Waals surface area contributed by atoms with Crippen molar-refractivity contribution < 1.29 is 9.90 Å². The van der Waals surface area contributed by atoms with Gasteiger partial charge in [0.05, 0.1) is 0 Å². The lowest BCUT2D eigenvalue weighted by Crippen LogP contribution is -2.43. The highest BCUT2D eigenvalue weighted by atomic mass is 16.4. The largest absolute Gasteiger partial charge is 0.465 e. The standard InChI is InChI=1S/C12H17N3O2/c1-12(9-2-3-10(13)14-8-9)4-6-15(7-5-12)11(16)17/h2-3,8H,4-7H2,1H3,(H2,13,14)(H,16,17). The van der Waals surface area contributed by atoms with Crippen LogP contribution in [0.1, 0.15) is 25.3 Å². The molecule has 0 bridgehead atoms. The highest BCUT2D eigenvalue weighted by Crippen LogP contribution is 2.34. The summed E-state index contributed by atoms with van der Waals surface area (Å²) in [5.74, 6) is 0.514. The van der Waals surface area contributed by atoms with Gasteiger partial charge in [-0.15, -0.1) is 0 Å². The molecule has 5 heteroatoms. The molecule has 0 aliphatic carbocycles. The number of nitrogen functional groups attached to an aromatic ring is 1. The molecule has 0 aromatic carbocycles. The highest BCUT2D eigenvalue weighted by molar-refractivity contribution is 5.65. The Hall–Kier alpha value is -1.78. The molecule has 1 aromatic heterocycles. The van der Waals surface area contributed by atoms with Gasteiger partial charge in [0.25, 0.3) is 0 Å². The van der Waals surface area contributed by atoms with Gasteiger partial charge in [0.15, 0.2) is 0 Å². The van der Waals surface area contributed by atoms with Crippen LogP contribution in [0.15, 0.2) is 18.3 Å². The Morgan fingerprint density at radius 3 is 2.59 bits per heavy atom. The Bertz CT molecular complexity index is 408. The molecule has 1 amide bonds. The molecular formula is C12H17N3O2. The molecular weight excluding hydrogens is 218 g/mol. The molecule has 17 heavy (non-hydrogen) atoms. The van der Waals surface area contributed by atoms with Crippen LogP contribution in [0.3, 0.4) is 0 Å². The number of rotatable bonds is 1. The maximum atomic E-state index is 10.8. The summed E-state index contributed by atoms with van der Waals surface area (Å²) in [5, 5.41) is 8.91. The molecule has 5 nitrogen and oxygen atoms in total. The molecule has 1 aliphatic rings. The number of hydrogen-bond donors (Lipinski definition) is 2. The number of nitrogens with two attached hydrogens (primary N) is 1. The molecule has 2 heterocycles. The summed E-state index contributed by atoms with van der Waals surface area (Å²) in [7, 11) is 0. The number of amides is 1. The predicted molar refractivity (Wildman–Crippen MR) is 64.8 cm³/mol. The van der Waals surface area contributed by atoms with E-state index in [4.69, 9.17) is 10.8 Å². The van der Waals surface area contributed by atoms with Crippen LogP contribution in [0.5, 0.6) is 0 Å². The molecule has 0 unspecified atom stereocenters. The zero-order valence-corrected chi connectivity index (χ0v) is 9.89. The molecule has 0 radical (unpaired) electrons. The van der Waals surface area contributed by atoms with Crippen LogP contribution in [0, 0.1) is 0 Å². The number of aromatic nitrogens is 1. The summed E-state index contributed by atoms with van der Waals surface area (Å²) >= 11 is 0. The van der Waals surface area contributed by atoms with E-state index < -0.39 is 6.09 Å². The van der Waals surface area contributed by atoms with E-state index in [0.717, 1.165) is 18.4 Å². The van der Waals surface area contributed by atoms with Crippen molar-refractivity contribution >= 4 is 11.9 Å². The van der Waals surface area contributed by atoms with Crippen LogP contribution in [-0.4, -0.2) is 34.2 Å². The first-order valence-electron chi connectivity index (χ1n) is 5.71. The minimum Gasteiger partial charge on any atom is -0.465 e. The molecule has 1 fully saturated rings. The first kappa shape index (κ1) is 11.7. The molecule has 1 aliphatic heterocycles. The van der Waals surface area contributed by atoms with Gasteiger partial charge in [-0.25, -0.2) is 9.78 Å². The number of pyridine rings is 1. The number of carboxylic acid groups (broad SMARTS) is 1. The SMILES string of the molecule is CC1(c2ccc(N)nc2)CCN(C(=O)O)CC1. The van der Waals surface area contributed by atoms with Gasteiger partial charge < -0.3 is 15.7 Å². The van der Waals surface area contributed by atoms with Gasteiger partial charge in [-0.05, 0) is 29.9 Å². The molecule has 0 atom stereocenters. The van der Waals surface area contributed by atoms with Gasteiger partial charge in [0, 0.05) is 19.3 Å². The van der Waals surface area contributed by atoms with Crippen molar-refractivity contribution in [2.45, 2.75) is 25.2 Å². The summed E-state index contributed by atoms with van der Waals surface area (Å²) in [6.45, 7) is 3.31. The normalized spacial score (nSPS) is 19.0. The fraction of sp³-hybridized carbons (Fsp3) is 0.500. The molecule has 1 saturated heterocycles. The van der Waals surface area contributed by atoms with E-state index in [1.54, 1.807) is 12.3 Å². The smallest absolute Gasteiger partial charge is 0.407 e. The maximum absolute atomic E-state index is 10.8. The average Bonchev–Trinajstić information content (AvgIpc) is 2.30. The van der Waals surface area contributed by atoms with E-state index in [-0.39, 0.29) is 5.41 Å². The van der Waals surface area contributed by atoms with E-state index in [1.807, 2.05) is 6.07 Å². The fourth-order valence-corrected chi connectivity index (χ4v) is 2.24. The van der Waals surface area contributed by atoms with Gasteiger partial charge in [0.2, 0.25) is 0 Å². The van der Waals surface area contributed by atoms with E-state index >= 15 is 0 Å². The highest BCUT2D eigenvalue weighted by Gasteiger charge is 2.33. The Balaban J connectivity index is 2.11. The molecule has 92 valence electrons. The van der Waals surface area contributed by atoms with Crippen LogP contribution < -0.4 is 5.73 Å². The van der Waals surface area contributed by atoms with Crippen LogP contribution >= 0.6 is 0 Å². The number of carbonyl (C=O) groups is 1. The van der Waals surface area contributed by atoms with Crippen molar-refractivity contribution in [1.82, 2.24) is 9.88 Å². The van der Waals surface area contributed by atoms with Crippen LogP contribution in [0.2, 0.25) is 0 Å². The molecule has 0 saturated carbocycles. The van der Waals surface area contributed by atoms with E-state index in [9.17, 15) is 4.79 Å². The molecule has 3 N–H and O–H groups in total. The summed E-state index contributed by atoms with van der Waals surface area (Å²) in [6, 6.07) is 3.78. The Morgan fingerprint density at radius 2 is 2.12 bits per heavy atom. The third-order valence-electron chi connectivity index (χ3n) is 3.62. The first-order chi connectivity index (χ1) is 8.01. The van der Waals surface area contributed by atoms with Gasteiger partial charge in [-0.3, -0.25) is 0 Å². The summed E-state index contributed by atoms with van der Waals surface area (Å²) in [5.41, 5.74) is 6.71. The van der Waals surface area contributed by atoms with Crippen molar-refractivity contribution in [2.24, 2.45) is 0 Å². The summed E-state index contributed by atoms with van der Waals surface area (Å²) in [4.78, 5) is 16.4. The lowest BCUT2D eigenvalue weighted by atomic mass is 9.75. The van der Waals surface area contributed by atoms with Crippen LogP contribution in [-0.2, 0) is 5.41 Å². The predicted octanol–water partition coefficient (Wildman–Crippen LogP) is 1.70. The van der Waals surface area contributed by atoms with Gasteiger partial charge in [-0.2, -0.15) is 0 Å². The maximum Gasteiger partial charge on any atom is 0.407 e. The summed E-state index contributed by atoms with van der Waals surface area (Å²) < 4.78 is 0. The monoisotopic (exact) mass is 235 g/mol. The van der Waals surface area contributed by atoms with Crippen molar-refractivity contribution in [1.29, 1.82) is 0 Å². The lowest BCUT2D eigenvalue weighted by Gasteiger charge is -2.38. The van der Waals surface area contributed by atoms with E-state index in [1.165, 1.54) is 4.90 Å². The second-order valence-corrected chi connectivity index (χ2v) is 4.80. The van der Waals surface area contributed by atoms with Gasteiger partial charge >= 0.3 is 6.09 Å². The summed E-state index contributed by atoms with van der Waals surface area (Å²) in [6.07, 6.45) is 2.61. The average molecular weight is 235 g/mol. The first-order valence-corrected chi connectivity index (χ1v) is 5.71. The quantitative estimate of drug-likeness (QED) is 0.776. The van der Waals surface area contributed by atoms with Gasteiger partial charge in [-0.1, -0.05) is 13.0 Å². The Morgan fingerprint density at radius 1 is 1.47 bits per heavy atom. The third kappa shape index (κ3) is 2.33. The van der Waals surface area contributed by atoms with Crippen LogP contribution in [0.25, 0.3) is 0 Å². The molecule has 1 aromatic rings. The van der Waals surface area contributed by atoms with Crippen molar-refractivity contribution in [3.8, 4) is 0 Å². The lowest BCUT2D eigenvalue weighted by molar-refractivity contribution is 0.119. The second kappa shape index (κ2) is 4.24. The zero-order valence-electron chi connectivity index (χ0n) is 9.89. The minimum atomic E-state index is -0.831. The van der Waals surface area contributed by atoms with Crippen molar-refractivity contribution in [3.05, 3.63) is 23.9 Å². The number of anilines is 1. The number of likely N-dealkylation sites (tertiary alicyclic amines) is 1.